The molecule has 18 heavy (non-hydrogen) atoms. The molecule has 5 nitrogen and oxygen atoms in total. The van der Waals surface area contributed by atoms with Gasteiger partial charge < -0.3 is 9.26 Å². The second kappa shape index (κ2) is 5.88. The van der Waals surface area contributed by atoms with E-state index in [0.29, 0.717) is 11.7 Å². The zero-order valence-corrected chi connectivity index (χ0v) is 11.3. The normalized spacial score (nSPS) is 10.6. The molecule has 0 unspecified atom stereocenters. The maximum Gasteiger partial charge on any atom is 0.234 e. The summed E-state index contributed by atoms with van der Waals surface area (Å²) in [6.45, 7) is 0.0484. The molecule has 0 fully saturated rings. The van der Waals surface area contributed by atoms with Crippen molar-refractivity contribution in [3.8, 4) is 11.4 Å². The van der Waals surface area contributed by atoms with Crippen LogP contribution in [0.4, 0.5) is 0 Å². The summed E-state index contributed by atoms with van der Waals surface area (Å²) in [6, 6.07) is 7.54. The second-order valence-corrected chi connectivity index (χ2v) is 4.49. The van der Waals surface area contributed by atoms with Gasteiger partial charge in [0.15, 0.2) is 5.78 Å². The standard InChI is InChI=1S/C12H11BrN2O3/c1-17-7-8(16)6-11-14-12(15-18-11)9-4-2-3-5-10(9)13/h2-5H,6-7H2,1H3. The molecular weight excluding hydrogens is 300 g/mol. The van der Waals surface area contributed by atoms with Gasteiger partial charge in [-0.25, -0.2) is 0 Å². The number of rotatable bonds is 5. The number of aromatic nitrogens is 2. The number of hydrogen-bond acceptors (Lipinski definition) is 5. The summed E-state index contributed by atoms with van der Waals surface area (Å²) in [5.74, 6) is 0.658. The van der Waals surface area contributed by atoms with Gasteiger partial charge in [-0.3, -0.25) is 4.79 Å². The topological polar surface area (TPSA) is 65.2 Å². The number of ketones is 1. The van der Waals surface area contributed by atoms with Crippen molar-refractivity contribution in [3.63, 3.8) is 0 Å². The smallest absolute Gasteiger partial charge is 0.234 e. The molecule has 2 rings (SSSR count). The van der Waals surface area contributed by atoms with Gasteiger partial charge in [-0.05, 0) is 12.1 Å². The molecule has 2 aromatic rings. The third-order valence-corrected chi connectivity index (χ3v) is 2.93. The number of hydrogen-bond donors (Lipinski definition) is 0. The lowest BCUT2D eigenvalue weighted by Crippen LogP contribution is -2.09. The molecule has 1 heterocycles. The molecule has 0 atom stereocenters. The van der Waals surface area contributed by atoms with E-state index in [2.05, 4.69) is 26.1 Å². The Morgan fingerprint density at radius 2 is 2.22 bits per heavy atom. The van der Waals surface area contributed by atoms with Gasteiger partial charge in [0.05, 0.1) is 6.42 Å². The Kier molecular flexibility index (Phi) is 4.22. The van der Waals surface area contributed by atoms with Gasteiger partial charge in [0, 0.05) is 17.1 Å². The molecule has 0 aliphatic heterocycles. The first kappa shape index (κ1) is 12.9. The molecular formula is C12H11BrN2O3. The number of nitrogens with zero attached hydrogens (tertiary/aromatic N) is 2. The summed E-state index contributed by atoms with van der Waals surface area (Å²) in [4.78, 5) is 15.5. The van der Waals surface area contributed by atoms with Crippen LogP contribution in [0, 0.1) is 0 Å². The van der Waals surface area contributed by atoms with Crippen LogP contribution in [0.25, 0.3) is 11.4 Å². The van der Waals surface area contributed by atoms with Gasteiger partial charge in [0.25, 0.3) is 0 Å². The van der Waals surface area contributed by atoms with Gasteiger partial charge >= 0.3 is 0 Å². The minimum absolute atomic E-state index is 0.0484. The fourth-order valence-corrected chi connectivity index (χ4v) is 1.92. The maximum atomic E-state index is 11.4. The molecule has 0 amide bonds. The largest absolute Gasteiger partial charge is 0.377 e. The number of methoxy groups -OCH3 is 1. The number of benzene rings is 1. The predicted octanol–water partition coefficient (Wildman–Crippen LogP) is 2.26. The zero-order chi connectivity index (χ0) is 13.0. The van der Waals surface area contributed by atoms with E-state index in [1.54, 1.807) is 0 Å². The molecule has 0 aliphatic carbocycles. The van der Waals surface area contributed by atoms with Gasteiger partial charge in [0.2, 0.25) is 11.7 Å². The van der Waals surface area contributed by atoms with E-state index in [9.17, 15) is 4.79 Å². The van der Waals surface area contributed by atoms with E-state index in [1.165, 1.54) is 7.11 Å². The van der Waals surface area contributed by atoms with Gasteiger partial charge in [-0.15, -0.1) is 0 Å². The molecule has 0 spiro atoms. The number of carbonyl (C=O) groups excluding carboxylic acids is 1. The highest BCUT2D eigenvalue weighted by Gasteiger charge is 2.13. The highest BCUT2D eigenvalue weighted by Crippen LogP contribution is 2.25. The van der Waals surface area contributed by atoms with E-state index in [-0.39, 0.29) is 18.8 Å². The molecule has 0 N–H and O–H groups in total. The van der Waals surface area contributed by atoms with E-state index in [4.69, 9.17) is 9.26 Å². The van der Waals surface area contributed by atoms with Crippen LogP contribution in [0.1, 0.15) is 5.89 Å². The van der Waals surface area contributed by atoms with Crippen LogP contribution in [0.15, 0.2) is 33.3 Å². The Morgan fingerprint density at radius 1 is 1.44 bits per heavy atom. The lowest BCUT2D eigenvalue weighted by Gasteiger charge is -1.96. The first-order valence-corrected chi connectivity index (χ1v) is 6.08. The summed E-state index contributed by atoms with van der Waals surface area (Å²) >= 11 is 3.41. The minimum Gasteiger partial charge on any atom is -0.377 e. The summed E-state index contributed by atoms with van der Waals surface area (Å²) in [5, 5.41) is 3.85. The van der Waals surface area contributed by atoms with Crippen LogP contribution in [-0.2, 0) is 16.0 Å². The Bertz CT molecular complexity index is 554. The second-order valence-electron chi connectivity index (χ2n) is 3.64. The van der Waals surface area contributed by atoms with Crippen molar-refractivity contribution in [2.24, 2.45) is 0 Å². The summed E-state index contributed by atoms with van der Waals surface area (Å²) in [5.41, 5.74) is 0.826. The Labute approximate surface area is 112 Å². The Hall–Kier alpha value is -1.53. The average Bonchev–Trinajstić information content (AvgIpc) is 2.78. The van der Waals surface area contributed by atoms with Crippen molar-refractivity contribution in [3.05, 3.63) is 34.6 Å². The SMILES string of the molecule is COCC(=O)Cc1nc(-c2ccccc2Br)no1. The number of Topliss-reactive ketones (excluding diaryl/α,β-unsaturated/α-hetero) is 1. The molecule has 0 saturated carbocycles. The van der Waals surface area contributed by atoms with Crippen LogP contribution in [-0.4, -0.2) is 29.6 Å². The van der Waals surface area contributed by atoms with Crippen molar-refractivity contribution in [1.82, 2.24) is 10.1 Å². The summed E-state index contributed by atoms with van der Waals surface area (Å²) < 4.78 is 10.6. The third kappa shape index (κ3) is 3.02. The van der Waals surface area contributed by atoms with Crippen molar-refractivity contribution in [1.29, 1.82) is 0 Å². The summed E-state index contributed by atoms with van der Waals surface area (Å²) in [7, 11) is 1.47. The van der Waals surface area contributed by atoms with Crippen LogP contribution in [0.3, 0.4) is 0 Å². The highest BCUT2D eigenvalue weighted by atomic mass is 79.9. The van der Waals surface area contributed by atoms with E-state index < -0.39 is 0 Å². The first-order valence-electron chi connectivity index (χ1n) is 5.29. The molecule has 0 aliphatic rings. The average molecular weight is 311 g/mol. The van der Waals surface area contributed by atoms with Gasteiger partial charge in [0.1, 0.15) is 6.61 Å². The molecule has 0 saturated heterocycles. The summed E-state index contributed by atoms with van der Waals surface area (Å²) in [6.07, 6.45) is 0.0886. The fraction of sp³-hybridized carbons (Fsp3) is 0.250. The lowest BCUT2D eigenvalue weighted by atomic mass is 10.2. The Balaban J connectivity index is 2.16. The first-order chi connectivity index (χ1) is 8.70. The number of halogens is 1. The quantitative estimate of drug-likeness (QED) is 0.847. The van der Waals surface area contributed by atoms with Gasteiger partial charge in [-0.2, -0.15) is 4.98 Å². The van der Waals surface area contributed by atoms with Crippen LogP contribution >= 0.6 is 15.9 Å². The molecule has 1 aromatic carbocycles. The molecule has 0 bridgehead atoms. The minimum atomic E-state index is -0.0974. The van der Waals surface area contributed by atoms with Crippen LogP contribution < -0.4 is 0 Å². The van der Waals surface area contributed by atoms with Crippen LogP contribution in [0.2, 0.25) is 0 Å². The lowest BCUT2D eigenvalue weighted by molar-refractivity contribution is -0.122. The molecule has 0 radical (unpaired) electrons. The Morgan fingerprint density at radius 3 is 2.94 bits per heavy atom. The number of carbonyl (C=O) groups is 1. The van der Waals surface area contributed by atoms with Crippen molar-refractivity contribution < 1.29 is 14.1 Å². The monoisotopic (exact) mass is 310 g/mol. The molecule has 94 valence electrons. The predicted molar refractivity (Wildman–Crippen MR) is 68.0 cm³/mol. The van der Waals surface area contributed by atoms with Gasteiger partial charge in [-0.1, -0.05) is 33.2 Å². The highest BCUT2D eigenvalue weighted by molar-refractivity contribution is 9.10. The van der Waals surface area contributed by atoms with E-state index in [0.717, 1.165) is 10.0 Å². The molecule has 6 heteroatoms. The van der Waals surface area contributed by atoms with E-state index in [1.807, 2.05) is 24.3 Å². The number of ether oxygens (including phenoxy) is 1. The zero-order valence-electron chi connectivity index (χ0n) is 9.72. The van der Waals surface area contributed by atoms with E-state index >= 15 is 0 Å². The van der Waals surface area contributed by atoms with Crippen LogP contribution in [0.5, 0.6) is 0 Å². The van der Waals surface area contributed by atoms with Crippen molar-refractivity contribution in [2.45, 2.75) is 6.42 Å². The van der Waals surface area contributed by atoms with Crippen molar-refractivity contribution in [2.75, 3.05) is 13.7 Å². The maximum absolute atomic E-state index is 11.4. The van der Waals surface area contributed by atoms with Crippen molar-refractivity contribution >= 4 is 21.7 Å². The third-order valence-electron chi connectivity index (χ3n) is 2.24. The fourth-order valence-electron chi connectivity index (χ4n) is 1.46. The molecule has 1 aromatic heterocycles.